The molecule has 0 amide bonds. The first-order valence-electron chi connectivity index (χ1n) is 7.84. The number of hydrogen-bond acceptors (Lipinski definition) is 2. The van der Waals surface area contributed by atoms with Crippen molar-refractivity contribution in [1.29, 1.82) is 0 Å². The molecule has 1 saturated carbocycles. The Morgan fingerprint density at radius 3 is 2.70 bits per heavy atom. The van der Waals surface area contributed by atoms with Gasteiger partial charge in [-0.05, 0) is 43.7 Å². The van der Waals surface area contributed by atoms with Gasteiger partial charge in [-0.2, -0.15) is 0 Å². The summed E-state index contributed by atoms with van der Waals surface area (Å²) in [5, 5.41) is 3.84. The standard InChI is InChI=1S/C18H29NO/c1-13-9-10-15(16(12-13)20-5)14(2)19-17-8-6-7-11-18(17,3)4/h9-10,12,14,17,19H,6-8,11H2,1-5H3. The molecule has 0 saturated heterocycles. The third-order valence-corrected chi connectivity index (χ3v) is 4.81. The largest absolute Gasteiger partial charge is 0.496 e. The molecule has 0 aromatic heterocycles. The second kappa shape index (κ2) is 6.17. The second-order valence-electron chi connectivity index (χ2n) is 6.92. The molecule has 1 fully saturated rings. The molecule has 1 aliphatic carbocycles. The molecule has 2 nitrogen and oxygen atoms in total. The molecule has 1 N–H and O–H groups in total. The van der Waals surface area contributed by atoms with Crippen molar-refractivity contribution in [2.75, 3.05) is 7.11 Å². The van der Waals surface area contributed by atoms with Crippen molar-refractivity contribution in [2.24, 2.45) is 5.41 Å². The molecule has 2 heteroatoms. The zero-order valence-corrected chi connectivity index (χ0v) is 13.6. The lowest BCUT2D eigenvalue weighted by Gasteiger charge is -2.41. The summed E-state index contributed by atoms with van der Waals surface area (Å²) < 4.78 is 5.55. The number of methoxy groups -OCH3 is 1. The van der Waals surface area contributed by atoms with Crippen LogP contribution in [0.1, 0.15) is 63.6 Å². The Morgan fingerprint density at radius 1 is 1.30 bits per heavy atom. The molecule has 0 heterocycles. The van der Waals surface area contributed by atoms with Gasteiger partial charge >= 0.3 is 0 Å². The van der Waals surface area contributed by atoms with Crippen molar-refractivity contribution in [3.8, 4) is 5.75 Å². The van der Waals surface area contributed by atoms with Gasteiger partial charge in [0.2, 0.25) is 0 Å². The number of aryl methyl sites for hydroxylation is 1. The first kappa shape index (κ1) is 15.4. The molecule has 1 aromatic rings. The summed E-state index contributed by atoms with van der Waals surface area (Å²) in [6.07, 6.45) is 5.32. The predicted molar refractivity (Wildman–Crippen MR) is 85.3 cm³/mol. The van der Waals surface area contributed by atoms with Gasteiger partial charge in [0.1, 0.15) is 5.75 Å². The predicted octanol–water partition coefficient (Wildman–Crippen LogP) is 4.62. The smallest absolute Gasteiger partial charge is 0.123 e. The maximum atomic E-state index is 5.55. The van der Waals surface area contributed by atoms with Gasteiger partial charge in [-0.1, -0.05) is 38.8 Å². The molecule has 0 bridgehead atoms. The maximum absolute atomic E-state index is 5.55. The molecular weight excluding hydrogens is 246 g/mol. The molecule has 0 spiro atoms. The molecule has 1 aliphatic rings. The maximum Gasteiger partial charge on any atom is 0.123 e. The van der Waals surface area contributed by atoms with E-state index in [4.69, 9.17) is 4.74 Å². The van der Waals surface area contributed by atoms with Crippen molar-refractivity contribution < 1.29 is 4.74 Å². The van der Waals surface area contributed by atoms with Crippen molar-refractivity contribution in [3.05, 3.63) is 29.3 Å². The molecule has 1 aromatic carbocycles. The van der Waals surface area contributed by atoms with E-state index < -0.39 is 0 Å². The van der Waals surface area contributed by atoms with Crippen molar-refractivity contribution >= 4 is 0 Å². The first-order valence-corrected chi connectivity index (χ1v) is 7.84. The Labute approximate surface area is 123 Å². The van der Waals surface area contributed by atoms with Crippen LogP contribution in [0.25, 0.3) is 0 Å². The average molecular weight is 275 g/mol. The number of rotatable bonds is 4. The summed E-state index contributed by atoms with van der Waals surface area (Å²) >= 11 is 0. The van der Waals surface area contributed by atoms with Gasteiger partial charge in [-0.25, -0.2) is 0 Å². The summed E-state index contributed by atoms with van der Waals surface area (Å²) in [6.45, 7) is 9.14. The molecule has 2 unspecified atom stereocenters. The van der Waals surface area contributed by atoms with Gasteiger partial charge < -0.3 is 10.1 Å². The van der Waals surface area contributed by atoms with Crippen molar-refractivity contribution in [3.63, 3.8) is 0 Å². The van der Waals surface area contributed by atoms with Crippen LogP contribution in [0.5, 0.6) is 5.75 Å². The summed E-state index contributed by atoms with van der Waals surface area (Å²) in [5.74, 6) is 0.999. The molecule has 0 aliphatic heterocycles. The van der Waals surface area contributed by atoms with E-state index in [1.54, 1.807) is 7.11 Å². The highest BCUT2D eigenvalue weighted by molar-refractivity contribution is 5.39. The zero-order chi connectivity index (χ0) is 14.8. The first-order chi connectivity index (χ1) is 9.44. The highest BCUT2D eigenvalue weighted by atomic mass is 16.5. The van der Waals surface area contributed by atoms with E-state index in [9.17, 15) is 0 Å². The second-order valence-corrected chi connectivity index (χ2v) is 6.92. The van der Waals surface area contributed by atoms with Gasteiger partial charge in [-0.15, -0.1) is 0 Å². The van der Waals surface area contributed by atoms with Gasteiger partial charge in [0, 0.05) is 17.6 Å². The average Bonchev–Trinajstić information content (AvgIpc) is 2.40. The van der Waals surface area contributed by atoms with Crippen molar-refractivity contribution in [2.45, 2.75) is 65.5 Å². The van der Waals surface area contributed by atoms with E-state index in [0.717, 1.165) is 5.75 Å². The minimum Gasteiger partial charge on any atom is -0.496 e. The van der Waals surface area contributed by atoms with Crippen LogP contribution in [0.2, 0.25) is 0 Å². The van der Waals surface area contributed by atoms with Crippen LogP contribution in [0.15, 0.2) is 18.2 Å². The van der Waals surface area contributed by atoms with E-state index in [1.165, 1.54) is 36.8 Å². The quantitative estimate of drug-likeness (QED) is 0.865. The number of hydrogen-bond donors (Lipinski definition) is 1. The fourth-order valence-electron chi connectivity index (χ4n) is 3.37. The molecule has 20 heavy (non-hydrogen) atoms. The van der Waals surface area contributed by atoms with E-state index in [2.05, 4.69) is 51.2 Å². The highest BCUT2D eigenvalue weighted by Gasteiger charge is 2.33. The number of benzene rings is 1. The molecular formula is C18H29NO. The van der Waals surface area contributed by atoms with E-state index in [-0.39, 0.29) is 0 Å². The van der Waals surface area contributed by atoms with E-state index >= 15 is 0 Å². The lowest BCUT2D eigenvalue weighted by atomic mass is 9.73. The van der Waals surface area contributed by atoms with Gasteiger partial charge in [0.05, 0.1) is 7.11 Å². The summed E-state index contributed by atoms with van der Waals surface area (Å²) in [5.41, 5.74) is 2.90. The van der Waals surface area contributed by atoms with Crippen molar-refractivity contribution in [1.82, 2.24) is 5.32 Å². The fourth-order valence-corrected chi connectivity index (χ4v) is 3.37. The van der Waals surface area contributed by atoms with Crippen LogP contribution >= 0.6 is 0 Å². The zero-order valence-electron chi connectivity index (χ0n) is 13.6. The number of nitrogens with one attached hydrogen (secondary N) is 1. The van der Waals surface area contributed by atoms with Crippen LogP contribution in [0.4, 0.5) is 0 Å². The summed E-state index contributed by atoms with van der Waals surface area (Å²) in [7, 11) is 1.76. The van der Waals surface area contributed by atoms with Gasteiger partial charge in [0.15, 0.2) is 0 Å². The van der Waals surface area contributed by atoms with Gasteiger partial charge in [0.25, 0.3) is 0 Å². The lowest BCUT2D eigenvalue weighted by Crippen LogP contribution is -2.45. The Hall–Kier alpha value is -1.02. The third-order valence-electron chi connectivity index (χ3n) is 4.81. The van der Waals surface area contributed by atoms with Crippen LogP contribution in [0.3, 0.4) is 0 Å². The SMILES string of the molecule is COc1cc(C)ccc1C(C)NC1CCCCC1(C)C. The number of ether oxygens (including phenoxy) is 1. The Bertz CT molecular complexity index is 453. The topological polar surface area (TPSA) is 21.3 Å². The molecule has 112 valence electrons. The minimum atomic E-state index is 0.327. The normalized spacial score (nSPS) is 23.4. The highest BCUT2D eigenvalue weighted by Crippen LogP contribution is 2.37. The van der Waals surface area contributed by atoms with E-state index in [1.807, 2.05) is 0 Å². The summed E-state index contributed by atoms with van der Waals surface area (Å²) in [4.78, 5) is 0. The molecule has 2 rings (SSSR count). The third kappa shape index (κ3) is 3.35. The monoisotopic (exact) mass is 275 g/mol. The van der Waals surface area contributed by atoms with Crippen LogP contribution in [-0.4, -0.2) is 13.2 Å². The minimum absolute atomic E-state index is 0.327. The van der Waals surface area contributed by atoms with Crippen LogP contribution in [-0.2, 0) is 0 Å². The Kier molecular flexibility index (Phi) is 4.74. The van der Waals surface area contributed by atoms with Gasteiger partial charge in [-0.3, -0.25) is 0 Å². The van der Waals surface area contributed by atoms with Crippen LogP contribution < -0.4 is 10.1 Å². The fraction of sp³-hybridized carbons (Fsp3) is 0.667. The Morgan fingerprint density at radius 2 is 2.05 bits per heavy atom. The van der Waals surface area contributed by atoms with Crippen LogP contribution in [0, 0.1) is 12.3 Å². The molecule has 2 atom stereocenters. The molecule has 0 radical (unpaired) electrons. The lowest BCUT2D eigenvalue weighted by molar-refractivity contribution is 0.157. The van der Waals surface area contributed by atoms with E-state index in [0.29, 0.717) is 17.5 Å². The summed E-state index contributed by atoms with van der Waals surface area (Å²) in [6, 6.07) is 7.41. The Balaban J connectivity index is 2.13.